The van der Waals surface area contributed by atoms with Gasteiger partial charge in [0.05, 0.1) is 9.52 Å². The minimum atomic E-state index is 0. The van der Waals surface area contributed by atoms with E-state index in [0.717, 1.165) is 9.52 Å². The number of benzene rings is 12. The quantitative estimate of drug-likeness (QED) is 0.115. The van der Waals surface area contributed by atoms with Gasteiger partial charge in [-0.2, -0.15) is 29.5 Å². The molecule has 0 unspecified atom stereocenters. The standard InChI is InChI=1S/2C31H21.C12H7Si.Hf/c2*1-2-10-22(11-3-1)25-20-24-14-9-19-30(31(24)21-25)29-17-7-6-16-28(29)27-18-8-13-23-12-4-5-15-26(23)27;1-3-7-11-9(5-1)10-6-2-4-8-12(10)13-11;/h2*1-21H;1-7H;/q3*-1;. The Hall–Kier alpha value is -8.53. The Labute approximate surface area is 466 Å². The van der Waals surface area contributed by atoms with Gasteiger partial charge in [-0.25, -0.2) is 0 Å². The summed E-state index contributed by atoms with van der Waals surface area (Å²) < 4.78 is 0. The fourth-order valence-corrected chi connectivity index (χ4v) is 12.4. The van der Waals surface area contributed by atoms with E-state index >= 15 is 0 Å². The van der Waals surface area contributed by atoms with Crippen molar-refractivity contribution in [2.24, 2.45) is 0 Å². The molecular formula is C74H49HfSi-3. The Morgan fingerprint density at radius 2 is 0.632 bits per heavy atom. The maximum Gasteiger partial charge on any atom is 0.0920 e. The molecule has 0 aliphatic carbocycles. The van der Waals surface area contributed by atoms with Crippen molar-refractivity contribution in [3.63, 3.8) is 0 Å². The van der Waals surface area contributed by atoms with Gasteiger partial charge in [-0.15, -0.1) is 74.6 Å². The normalized spacial score (nSPS) is 11.3. The van der Waals surface area contributed by atoms with Crippen LogP contribution in [0.2, 0.25) is 0 Å². The second-order valence-electron chi connectivity index (χ2n) is 19.1. The molecular weight excluding hydrogens is 1100 g/mol. The summed E-state index contributed by atoms with van der Waals surface area (Å²) in [5.74, 6) is 0. The predicted octanol–water partition coefficient (Wildman–Crippen LogP) is 18.5. The molecule has 356 valence electrons. The third-order valence-corrected chi connectivity index (χ3v) is 16.0. The molecule has 2 radical (unpaired) electrons. The maximum absolute atomic E-state index is 3.31. The first kappa shape index (κ1) is 48.4. The molecule has 0 bridgehead atoms. The van der Waals surface area contributed by atoms with Gasteiger partial charge in [0.15, 0.2) is 0 Å². The molecule has 0 aromatic heterocycles. The number of hydrogen-bond acceptors (Lipinski definition) is 0. The van der Waals surface area contributed by atoms with Crippen molar-refractivity contribution in [1.82, 2.24) is 0 Å². The molecule has 1 aliphatic rings. The number of hydrogen-bond donors (Lipinski definition) is 0. The third-order valence-electron chi connectivity index (χ3n) is 14.6. The Bertz CT molecular complexity index is 4040. The minimum absolute atomic E-state index is 0. The van der Waals surface area contributed by atoms with Gasteiger partial charge in [0.25, 0.3) is 0 Å². The Kier molecular flexibility index (Phi) is 13.8. The van der Waals surface area contributed by atoms with Gasteiger partial charge in [0, 0.05) is 25.8 Å². The van der Waals surface area contributed by atoms with Gasteiger partial charge in [-0.05, 0) is 54.9 Å². The van der Waals surface area contributed by atoms with Crippen molar-refractivity contribution < 1.29 is 25.8 Å². The van der Waals surface area contributed by atoms with E-state index < -0.39 is 0 Å². The summed E-state index contributed by atoms with van der Waals surface area (Å²) in [5, 5.41) is 13.1. The molecule has 0 N–H and O–H groups in total. The van der Waals surface area contributed by atoms with E-state index in [0.29, 0.717) is 0 Å². The van der Waals surface area contributed by atoms with Gasteiger partial charge in [-0.3, -0.25) is 0 Å². The van der Waals surface area contributed by atoms with E-state index in [2.05, 4.69) is 297 Å². The van der Waals surface area contributed by atoms with Crippen LogP contribution in [0.3, 0.4) is 0 Å². The molecule has 0 saturated carbocycles. The first-order chi connectivity index (χ1) is 37.2. The van der Waals surface area contributed by atoms with Crippen molar-refractivity contribution in [2.75, 3.05) is 0 Å². The summed E-state index contributed by atoms with van der Waals surface area (Å²) in [6.07, 6.45) is 0. The van der Waals surface area contributed by atoms with Crippen LogP contribution in [-0.2, 0) is 25.8 Å². The molecule has 0 spiro atoms. The van der Waals surface area contributed by atoms with Crippen LogP contribution in [-0.4, -0.2) is 9.52 Å². The average molecular weight is 1140 g/mol. The zero-order chi connectivity index (χ0) is 49.9. The molecule has 0 saturated heterocycles. The second kappa shape index (κ2) is 21.7. The van der Waals surface area contributed by atoms with E-state index in [4.69, 9.17) is 0 Å². The van der Waals surface area contributed by atoms with Crippen LogP contribution >= 0.6 is 0 Å². The van der Waals surface area contributed by atoms with Gasteiger partial charge in [0.2, 0.25) is 0 Å². The molecule has 0 atom stereocenters. The van der Waals surface area contributed by atoms with E-state index in [1.165, 1.54) is 131 Å². The fourth-order valence-electron chi connectivity index (χ4n) is 11.1. The Morgan fingerprint density at radius 3 is 1.12 bits per heavy atom. The predicted molar refractivity (Wildman–Crippen MR) is 322 cm³/mol. The number of fused-ring (bicyclic) bond motifs is 7. The van der Waals surface area contributed by atoms with Crippen molar-refractivity contribution in [3.8, 4) is 77.9 Å². The molecule has 15 rings (SSSR count). The molecule has 0 amide bonds. The molecule has 2 heteroatoms. The zero-order valence-corrected chi connectivity index (χ0v) is 46.4. The summed E-state index contributed by atoms with van der Waals surface area (Å²) in [5.41, 5.74) is 18.0. The fraction of sp³-hybridized carbons (Fsp3) is 0. The molecule has 1 heterocycles. The molecule has 14 aromatic rings. The summed E-state index contributed by atoms with van der Waals surface area (Å²) in [7, 11) is 0.795. The van der Waals surface area contributed by atoms with E-state index in [1.807, 2.05) is 6.07 Å². The maximum atomic E-state index is 3.31. The Morgan fingerprint density at radius 1 is 0.276 bits per heavy atom. The van der Waals surface area contributed by atoms with Crippen LogP contribution in [0.1, 0.15) is 0 Å². The van der Waals surface area contributed by atoms with Gasteiger partial charge < -0.3 is 0 Å². The molecule has 1 aliphatic heterocycles. The van der Waals surface area contributed by atoms with Crippen LogP contribution in [0.25, 0.3) is 121 Å². The van der Waals surface area contributed by atoms with Crippen molar-refractivity contribution in [1.29, 1.82) is 0 Å². The first-order valence-electron chi connectivity index (χ1n) is 25.7. The Balaban J connectivity index is 0.000000123. The summed E-state index contributed by atoms with van der Waals surface area (Å²) in [6.45, 7) is 0. The van der Waals surface area contributed by atoms with Crippen molar-refractivity contribution in [3.05, 3.63) is 303 Å². The molecule has 0 fully saturated rings. The monoisotopic (exact) mass is 1150 g/mol. The second-order valence-corrected chi connectivity index (χ2v) is 20.4. The summed E-state index contributed by atoms with van der Waals surface area (Å²) in [6, 6.07) is 110. The van der Waals surface area contributed by atoms with Gasteiger partial charge in [0.1, 0.15) is 0 Å². The SMILES string of the molecule is [Hf].[c-]1cccc2c1[Si]c1ccccc1-2.c1ccc(-c2cc3c(-c4ccccc4-c4cccc5ccccc45)cccc3[cH-]2)cc1.c1ccc(-c2cc3c(-c4ccccc4-c4cccc5ccccc45)cccc3[cH-]2)cc1. The minimum Gasteiger partial charge on any atom is -0.184 e. The van der Waals surface area contributed by atoms with Crippen LogP contribution in [0.4, 0.5) is 0 Å². The first-order valence-corrected chi connectivity index (χ1v) is 26.7. The van der Waals surface area contributed by atoms with Gasteiger partial charge in [-0.1, -0.05) is 276 Å². The topological polar surface area (TPSA) is 0 Å². The van der Waals surface area contributed by atoms with Crippen molar-refractivity contribution in [2.45, 2.75) is 0 Å². The smallest absolute Gasteiger partial charge is 0.0920 e. The van der Waals surface area contributed by atoms with E-state index in [9.17, 15) is 0 Å². The van der Waals surface area contributed by atoms with Crippen LogP contribution in [0.5, 0.6) is 0 Å². The molecule has 14 aromatic carbocycles. The molecule has 0 nitrogen and oxygen atoms in total. The van der Waals surface area contributed by atoms with Crippen LogP contribution < -0.4 is 10.4 Å². The summed E-state index contributed by atoms with van der Waals surface area (Å²) >= 11 is 0. The molecule has 76 heavy (non-hydrogen) atoms. The zero-order valence-electron chi connectivity index (χ0n) is 41.8. The average Bonchev–Trinajstić information content (AvgIpc) is 4.24. The number of rotatable bonds is 6. The van der Waals surface area contributed by atoms with Crippen LogP contribution in [0, 0.1) is 6.07 Å². The van der Waals surface area contributed by atoms with E-state index in [1.54, 1.807) is 0 Å². The van der Waals surface area contributed by atoms with Crippen molar-refractivity contribution >= 4 is 63.0 Å². The van der Waals surface area contributed by atoms with Gasteiger partial charge >= 0.3 is 0 Å². The summed E-state index contributed by atoms with van der Waals surface area (Å²) in [4.78, 5) is 0. The largest absolute Gasteiger partial charge is 0.184 e. The third kappa shape index (κ3) is 9.47. The van der Waals surface area contributed by atoms with Crippen LogP contribution in [0.15, 0.2) is 297 Å². The van der Waals surface area contributed by atoms with E-state index in [-0.39, 0.29) is 25.8 Å².